The topological polar surface area (TPSA) is 78.2 Å². The van der Waals surface area contributed by atoms with Gasteiger partial charge in [-0.15, -0.1) is 13.2 Å². The number of alkyl halides is 3. The number of hydrogen-bond acceptors (Lipinski definition) is 5. The maximum absolute atomic E-state index is 12.2. The van der Waals surface area contributed by atoms with E-state index in [1.54, 1.807) is 12.3 Å². The summed E-state index contributed by atoms with van der Waals surface area (Å²) in [7, 11) is 0. The second-order valence-corrected chi connectivity index (χ2v) is 5.20. The van der Waals surface area contributed by atoms with Gasteiger partial charge in [0.15, 0.2) is 0 Å². The Morgan fingerprint density at radius 2 is 1.92 bits per heavy atom. The Hall–Kier alpha value is -2.61. The summed E-state index contributed by atoms with van der Waals surface area (Å²) in [5, 5.41) is 20.3. The summed E-state index contributed by atoms with van der Waals surface area (Å²) in [5.74, 6) is 0.101. The lowest BCUT2D eigenvalue weighted by Crippen LogP contribution is -2.17. The minimum absolute atomic E-state index is 0.0586. The molecular formula is C17H18F3N3O2. The number of aliphatic hydroxyl groups excluding tert-OH is 1. The van der Waals surface area contributed by atoms with Gasteiger partial charge in [-0.2, -0.15) is 0 Å². The highest BCUT2D eigenvalue weighted by Crippen LogP contribution is 2.27. The highest BCUT2D eigenvalue weighted by molar-refractivity contribution is 6.04. The number of ether oxygens (including phenoxy) is 1. The Balaban J connectivity index is 2.27. The van der Waals surface area contributed by atoms with Crippen LogP contribution >= 0.6 is 0 Å². The first-order valence-corrected chi connectivity index (χ1v) is 7.63. The van der Waals surface area contributed by atoms with Crippen molar-refractivity contribution in [1.29, 1.82) is 5.41 Å². The van der Waals surface area contributed by atoms with Gasteiger partial charge < -0.3 is 20.6 Å². The molecule has 0 radical (unpaired) electrons. The third-order valence-corrected chi connectivity index (χ3v) is 3.42. The Labute approximate surface area is 143 Å². The fourth-order valence-corrected chi connectivity index (χ4v) is 2.32. The molecule has 3 N–H and O–H groups in total. The minimum Gasteiger partial charge on any atom is -0.406 e. The monoisotopic (exact) mass is 353 g/mol. The molecule has 0 saturated heterocycles. The summed E-state index contributed by atoms with van der Waals surface area (Å²) < 4.78 is 40.4. The van der Waals surface area contributed by atoms with Crippen molar-refractivity contribution < 1.29 is 23.0 Å². The third-order valence-electron chi connectivity index (χ3n) is 3.42. The minimum atomic E-state index is -4.74. The van der Waals surface area contributed by atoms with Gasteiger partial charge in [0, 0.05) is 29.8 Å². The average molecular weight is 353 g/mol. The molecule has 0 fully saturated rings. The average Bonchev–Trinajstić information content (AvgIpc) is 2.55. The molecule has 0 spiro atoms. The van der Waals surface area contributed by atoms with E-state index in [1.807, 2.05) is 6.92 Å². The van der Waals surface area contributed by atoms with Crippen LogP contribution in [0.5, 0.6) is 5.75 Å². The van der Waals surface area contributed by atoms with Crippen molar-refractivity contribution in [2.45, 2.75) is 26.1 Å². The molecule has 1 aromatic carbocycles. The molecule has 8 heteroatoms. The van der Waals surface area contributed by atoms with E-state index in [4.69, 9.17) is 5.41 Å². The summed E-state index contributed by atoms with van der Waals surface area (Å²) in [6, 6.07) is 6.99. The zero-order valence-electron chi connectivity index (χ0n) is 13.5. The van der Waals surface area contributed by atoms with E-state index in [1.165, 1.54) is 24.3 Å². The third kappa shape index (κ3) is 5.18. The van der Waals surface area contributed by atoms with Gasteiger partial charge in [-0.25, -0.2) is 4.98 Å². The molecule has 0 atom stereocenters. The molecule has 134 valence electrons. The van der Waals surface area contributed by atoms with Crippen LogP contribution in [0.25, 0.3) is 0 Å². The molecule has 0 aliphatic carbocycles. The van der Waals surface area contributed by atoms with Gasteiger partial charge in [0.25, 0.3) is 0 Å². The largest absolute Gasteiger partial charge is 0.573 e. The van der Waals surface area contributed by atoms with E-state index >= 15 is 0 Å². The van der Waals surface area contributed by atoms with Crippen molar-refractivity contribution in [1.82, 2.24) is 4.98 Å². The Morgan fingerprint density at radius 1 is 1.24 bits per heavy atom. The first-order valence-electron chi connectivity index (χ1n) is 7.63. The molecule has 0 amide bonds. The molecule has 1 heterocycles. The SMILES string of the molecule is CCC(=N)c1c(CCO)ccnc1Nc1ccc(OC(F)(F)F)cc1. The van der Waals surface area contributed by atoms with Gasteiger partial charge in [-0.1, -0.05) is 6.92 Å². The smallest absolute Gasteiger partial charge is 0.406 e. The first kappa shape index (κ1) is 18.7. The molecule has 0 aliphatic rings. The fourth-order valence-electron chi connectivity index (χ4n) is 2.32. The van der Waals surface area contributed by atoms with Crippen molar-refractivity contribution in [3.05, 3.63) is 47.7 Å². The van der Waals surface area contributed by atoms with Crippen LogP contribution in [-0.4, -0.2) is 28.8 Å². The molecule has 1 aromatic heterocycles. The predicted molar refractivity (Wildman–Crippen MR) is 88.6 cm³/mol. The van der Waals surface area contributed by atoms with Crippen LogP contribution in [0.4, 0.5) is 24.7 Å². The molecular weight excluding hydrogens is 335 g/mol. The lowest BCUT2D eigenvalue weighted by Gasteiger charge is -2.15. The summed E-state index contributed by atoms with van der Waals surface area (Å²) >= 11 is 0. The number of anilines is 2. The molecule has 0 unspecified atom stereocenters. The second kappa shape index (κ2) is 7.98. The second-order valence-electron chi connectivity index (χ2n) is 5.20. The summed E-state index contributed by atoms with van der Waals surface area (Å²) in [5.41, 5.74) is 2.24. The van der Waals surface area contributed by atoms with Crippen LogP contribution < -0.4 is 10.1 Å². The summed E-state index contributed by atoms with van der Waals surface area (Å²) in [6.07, 6.45) is -2.32. The molecule has 5 nitrogen and oxygen atoms in total. The Bertz CT molecular complexity index is 731. The number of aliphatic hydroxyl groups is 1. The maximum Gasteiger partial charge on any atom is 0.573 e. The van der Waals surface area contributed by atoms with Crippen LogP contribution in [0, 0.1) is 5.41 Å². The Kier molecular flexibility index (Phi) is 5.97. The summed E-state index contributed by atoms with van der Waals surface area (Å²) in [6.45, 7) is 1.78. The molecule has 25 heavy (non-hydrogen) atoms. The van der Waals surface area contributed by atoms with E-state index in [-0.39, 0.29) is 12.4 Å². The van der Waals surface area contributed by atoms with Gasteiger partial charge in [0.2, 0.25) is 0 Å². The standard InChI is InChI=1S/C17H18F3N3O2/c1-2-14(21)15-11(8-10-24)7-9-22-16(15)23-12-3-5-13(6-4-12)25-17(18,19)20/h3-7,9,21,24H,2,8,10H2,1H3,(H,22,23). The van der Waals surface area contributed by atoms with Crippen LogP contribution in [0.3, 0.4) is 0 Å². The summed E-state index contributed by atoms with van der Waals surface area (Å²) in [4.78, 5) is 4.22. The number of pyridine rings is 1. The van der Waals surface area contributed by atoms with E-state index in [0.29, 0.717) is 35.6 Å². The maximum atomic E-state index is 12.2. The quantitative estimate of drug-likeness (QED) is 0.657. The van der Waals surface area contributed by atoms with Crippen LogP contribution in [0.1, 0.15) is 24.5 Å². The number of halogens is 3. The molecule has 0 aliphatic heterocycles. The van der Waals surface area contributed by atoms with Crippen molar-refractivity contribution >= 4 is 17.2 Å². The van der Waals surface area contributed by atoms with Crippen LogP contribution in [0.15, 0.2) is 36.5 Å². The number of nitrogens with one attached hydrogen (secondary N) is 2. The van der Waals surface area contributed by atoms with Crippen molar-refractivity contribution in [3.63, 3.8) is 0 Å². The molecule has 2 rings (SSSR count). The Morgan fingerprint density at radius 3 is 2.48 bits per heavy atom. The predicted octanol–water partition coefficient (Wildman–Crippen LogP) is 4.04. The van der Waals surface area contributed by atoms with Crippen molar-refractivity contribution in [2.75, 3.05) is 11.9 Å². The number of benzene rings is 1. The molecule has 0 saturated carbocycles. The number of nitrogens with zero attached hydrogens (tertiary/aromatic N) is 1. The van der Waals surface area contributed by atoms with Gasteiger partial charge in [0.1, 0.15) is 11.6 Å². The fraction of sp³-hybridized carbons (Fsp3) is 0.294. The number of aromatic nitrogens is 1. The first-order chi connectivity index (χ1) is 11.8. The van der Waals surface area contributed by atoms with E-state index < -0.39 is 6.36 Å². The zero-order valence-corrected chi connectivity index (χ0v) is 13.5. The normalized spacial score (nSPS) is 11.2. The lowest BCUT2D eigenvalue weighted by molar-refractivity contribution is -0.274. The highest BCUT2D eigenvalue weighted by atomic mass is 19.4. The van der Waals surface area contributed by atoms with E-state index in [2.05, 4.69) is 15.0 Å². The number of rotatable bonds is 7. The van der Waals surface area contributed by atoms with Gasteiger partial charge >= 0.3 is 6.36 Å². The lowest BCUT2D eigenvalue weighted by atomic mass is 10.0. The molecule has 2 aromatic rings. The van der Waals surface area contributed by atoms with Crippen LogP contribution in [0.2, 0.25) is 0 Å². The molecule has 0 bridgehead atoms. The van der Waals surface area contributed by atoms with E-state index in [0.717, 1.165) is 5.56 Å². The van der Waals surface area contributed by atoms with Gasteiger partial charge in [-0.3, -0.25) is 0 Å². The highest BCUT2D eigenvalue weighted by Gasteiger charge is 2.30. The van der Waals surface area contributed by atoms with E-state index in [9.17, 15) is 18.3 Å². The van der Waals surface area contributed by atoms with Crippen molar-refractivity contribution in [2.24, 2.45) is 0 Å². The number of hydrogen-bond donors (Lipinski definition) is 3. The van der Waals surface area contributed by atoms with Crippen LogP contribution in [-0.2, 0) is 6.42 Å². The van der Waals surface area contributed by atoms with Gasteiger partial charge in [0.05, 0.1) is 0 Å². The van der Waals surface area contributed by atoms with Crippen molar-refractivity contribution in [3.8, 4) is 5.75 Å². The van der Waals surface area contributed by atoms with Gasteiger partial charge in [-0.05, 0) is 48.7 Å². The zero-order chi connectivity index (χ0) is 18.4.